The molecule has 3 amide bonds. The van der Waals surface area contributed by atoms with Crippen molar-refractivity contribution in [2.75, 3.05) is 20.2 Å². The highest BCUT2D eigenvalue weighted by molar-refractivity contribution is 5.91. The van der Waals surface area contributed by atoms with Gasteiger partial charge < -0.3 is 29.8 Å². The van der Waals surface area contributed by atoms with Crippen molar-refractivity contribution in [3.63, 3.8) is 0 Å². The molecule has 0 spiro atoms. The summed E-state index contributed by atoms with van der Waals surface area (Å²) in [5, 5.41) is 5.58. The third-order valence-corrected chi connectivity index (χ3v) is 7.36. The maximum atomic E-state index is 13.4. The Bertz CT molecular complexity index is 920. The van der Waals surface area contributed by atoms with Crippen molar-refractivity contribution < 1.29 is 28.7 Å². The SMILES string of the molecule is COc1ccc(OC(C)C(=O)N2C[C@@H]3CCC[C@H]3C2C(=O)N[C@H](C=O)C[C@@H]2CCNC2=O)cc1. The first-order valence-electron chi connectivity index (χ1n) is 12.1. The number of aldehydes is 1. The summed E-state index contributed by atoms with van der Waals surface area (Å²) in [5.41, 5.74) is 0. The van der Waals surface area contributed by atoms with Crippen LogP contribution in [0.1, 0.15) is 39.0 Å². The Balaban J connectivity index is 1.44. The standard InChI is InChI=1S/C25H33N3O6/c1-15(34-20-8-6-19(33-2)7-9-20)25(32)28-13-17-4-3-5-21(17)22(28)24(31)27-18(14-29)12-16-10-11-26-23(16)30/h6-9,14-18,21-22H,3-5,10-13H2,1-2H3,(H,26,30)(H,27,31)/t15?,16-,17-,18-,21+,22?/m0/s1. The van der Waals surface area contributed by atoms with E-state index < -0.39 is 18.2 Å². The van der Waals surface area contributed by atoms with Crippen molar-refractivity contribution in [2.45, 2.75) is 57.2 Å². The average molecular weight is 472 g/mol. The van der Waals surface area contributed by atoms with E-state index in [1.807, 2.05) is 0 Å². The van der Waals surface area contributed by atoms with Crippen LogP contribution in [0.15, 0.2) is 24.3 Å². The molecule has 6 atom stereocenters. The molecule has 2 N–H and O–H groups in total. The van der Waals surface area contributed by atoms with Gasteiger partial charge in [0.15, 0.2) is 6.10 Å². The molecular formula is C25H33N3O6. The number of methoxy groups -OCH3 is 1. The summed E-state index contributed by atoms with van der Waals surface area (Å²) in [6.45, 7) is 2.78. The molecule has 3 fully saturated rings. The number of hydrogen-bond acceptors (Lipinski definition) is 6. The number of hydrogen-bond donors (Lipinski definition) is 2. The molecular weight excluding hydrogens is 438 g/mol. The zero-order chi connectivity index (χ0) is 24.2. The number of benzene rings is 1. The fourth-order valence-electron chi connectivity index (χ4n) is 5.60. The average Bonchev–Trinajstić information content (AvgIpc) is 3.54. The maximum Gasteiger partial charge on any atom is 0.264 e. The Kier molecular flexibility index (Phi) is 7.38. The van der Waals surface area contributed by atoms with Gasteiger partial charge in [0.2, 0.25) is 11.8 Å². The maximum absolute atomic E-state index is 13.4. The zero-order valence-electron chi connectivity index (χ0n) is 19.7. The van der Waals surface area contributed by atoms with Gasteiger partial charge in [0, 0.05) is 19.0 Å². The molecule has 1 aliphatic carbocycles. The fraction of sp³-hybridized carbons (Fsp3) is 0.600. The van der Waals surface area contributed by atoms with Crippen LogP contribution in [-0.4, -0.2) is 67.3 Å². The monoisotopic (exact) mass is 471 g/mol. The van der Waals surface area contributed by atoms with Gasteiger partial charge >= 0.3 is 0 Å². The molecule has 9 heteroatoms. The fourth-order valence-corrected chi connectivity index (χ4v) is 5.60. The minimum absolute atomic E-state index is 0.0687. The third kappa shape index (κ3) is 5.03. The van der Waals surface area contributed by atoms with E-state index in [1.54, 1.807) is 43.2 Å². The molecule has 4 rings (SSSR count). The number of amides is 3. The van der Waals surface area contributed by atoms with E-state index in [9.17, 15) is 19.2 Å². The molecule has 34 heavy (non-hydrogen) atoms. The summed E-state index contributed by atoms with van der Waals surface area (Å²) in [7, 11) is 1.58. The second-order valence-electron chi connectivity index (χ2n) is 9.49. The van der Waals surface area contributed by atoms with Gasteiger partial charge in [0.1, 0.15) is 23.8 Å². The number of ether oxygens (including phenoxy) is 2. The van der Waals surface area contributed by atoms with Crippen molar-refractivity contribution in [3.05, 3.63) is 24.3 Å². The van der Waals surface area contributed by atoms with Gasteiger partial charge in [0.25, 0.3) is 5.91 Å². The minimum Gasteiger partial charge on any atom is -0.497 e. The van der Waals surface area contributed by atoms with E-state index in [0.717, 1.165) is 19.3 Å². The highest BCUT2D eigenvalue weighted by Gasteiger charge is 2.50. The number of fused-ring (bicyclic) bond motifs is 1. The summed E-state index contributed by atoms with van der Waals surface area (Å²) >= 11 is 0. The van der Waals surface area contributed by atoms with Crippen molar-refractivity contribution in [1.29, 1.82) is 0 Å². The normalized spacial score (nSPS) is 27.5. The molecule has 0 aromatic heterocycles. The Labute approximate surface area is 199 Å². The van der Waals surface area contributed by atoms with Gasteiger partial charge in [-0.05, 0) is 68.7 Å². The Morgan fingerprint density at radius 2 is 1.94 bits per heavy atom. The Hall–Kier alpha value is -3.10. The minimum atomic E-state index is -0.772. The van der Waals surface area contributed by atoms with Gasteiger partial charge in [-0.2, -0.15) is 0 Å². The lowest BCUT2D eigenvalue weighted by Gasteiger charge is -2.30. The highest BCUT2D eigenvalue weighted by atomic mass is 16.5. The first-order chi connectivity index (χ1) is 16.4. The Morgan fingerprint density at radius 1 is 1.21 bits per heavy atom. The van der Waals surface area contributed by atoms with Crippen LogP contribution >= 0.6 is 0 Å². The van der Waals surface area contributed by atoms with Crippen LogP contribution in [0.5, 0.6) is 11.5 Å². The van der Waals surface area contributed by atoms with Gasteiger partial charge in [-0.25, -0.2) is 0 Å². The van der Waals surface area contributed by atoms with Gasteiger partial charge in [-0.1, -0.05) is 6.42 Å². The van der Waals surface area contributed by atoms with Gasteiger partial charge in [-0.15, -0.1) is 0 Å². The molecule has 2 aliphatic heterocycles. The van der Waals surface area contributed by atoms with E-state index in [0.29, 0.717) is 37.3 Å². The van der Waals surface area contributed by atoms with Crippen LogP contribution < -0.4 is 20.1 Å². The largest absolute Gasteiger partial charge is 0.497 e. The number of nitrogens with one attached hydrogen (secondary N) is 2. The predicted molar refractivity (Wildman–Crippen MR) is 123 cm³/mol. The van der Waals surface area contributed by atoms with Crippen molar-refractivity contribution in [2.24, 2.45) is 17.8 Å². The second-order valence-corrected chi connectivity index (χ2v) is 9.49. The van der Waals surface area contributed by atoms with E-state index in [1.165, 1.54) is 0 Å². The third-order valence-electron chi connectivity index (χ3n) is 7.36. The van der Waals surface area contributed by atoms with E-state index in [2.05, 4.69) is 10.6 Å². The smallest absolute Gasteiger partial charge is 0.264 e. The molecule has 2 saturated heterocycles. The highest BCUT2D eigenvalue weighted by Crippen LogP contribution is 2.42. The van der Waals surface area contributed by atoms with Crippen LogP contribution in [0.2, 0.25) is 0 Å². The van der Waals surface area contributed by atoms with Gasteiger partial charge in [0.05, 0.1) is 13.2 Å². The molecule has 2 heterocycles. The molecule has 0 bridgehead atoms. The van der Waals surface area contributed by atoms with Crippen molar-refractivity contribution in [1.82, 2.24) is 15.5 Å². The lowest BCUT2D eigenvalue weighted by atomic mass is 9.92. The molecule has 184 valence electrons. The molecule has 1 saturated carbocycles. The number of carbonyl (C=O) groups excluding carboxylic acids is 4. The lowest BCUT2D eigenvalue weighted by molar-refractivity contribution is -0.144. The van der Waals surface area contributed by atoms with Crippen LogP contribution in [0.4, 0.5) is 0 Å². The predicted octanol–water partition coefficient (Wildman–Crippen LogP) is 1.30. The molecule has 2 unspecified atom stereocenters. The van der Waals surface area contributed by atoms with Crippen molar-refractivity contribution >= 4 is 24.0 Å². The zero-order valence-corrected chi connectivity index (χ0v) is 19.7. The summed E-state index contributed by atoms with van der Waals surface area (Å²) < 4.78 is 11.0. The van der Waals surface area contributed by atoms with E-state index in [4.69, 9.17) is 9.47 Å². The molecule has 1 aromatic rings. The van der Waals surface area contributed by atoms with Crippen LogP contribution in [-0.2, 0) is 19.2 Å². The first kappa shape index (κ1) is 24.0. The van der Waals surface area contributed by atoms with Crippen LogP contribution in [0.3, 0.4) is 0 Å². The number of nitrogens with zero attached hydrogens (tertiary/aromatic N) is 1. The second kappa shape index (κ2) is 10.4. The number of carbonyl (C=O) groups is 4. The number of likely N-dealkylation sites (tertiary alicyclic amines) is 1. The summed E-state index contributed by atoms with van der Waals surface area (Å²) in [4.78, 5) is 52.0. The number of rotatable bonds is 9. The summed E-state index contributed by atoms with van der Waals surface area (Å²) in [5.74, 6) is 0.627. The summed E-state index contributed by atoms with van der Waals surface area (Å²) in [6, 6.07) is 5.59. The Morgan fingerprint density at radius 3 is 2.59 bits per heavy atom. The molecule has 3 aliphatic rings. The molecule has 9 nitrogen and oxygen atoms in total. The van der Waals surface area contributed by atoms with Crippen LogP contribution in [0.25, 0.3) is 0 Å². The summed E-state index contributed by atoms with van der Waals surface area (Å²) in [6.07, 6.45) is 3.71. The molecule has 0 radical (unpaired) electrons. The van der Waals surface area contributed by atoms with E-state index in [-0.39, 0.29) is 41.9 Å². The topological polar surface area (TPSA) is 114 Å². The lowest BCUT2D eigenvalue weighted by Crippen LogP contribution is -2.54. The first-order valence-corrected chi connectivity index (χ1v) is 12.1. The van der Waals surface area contributed by atoms with Crippen LogP contribution in [0, 0.1) is 17.8 Å². The van der Waals surface area contributed by atoms with Crippen molar-refractivity contribution in [3.8, 4) is 11.5 Å². The van der Waals surface area contributed by atoms with Gasteiger partial charge in [-0.3, -0.25) is 14.4 Å². The van der Waals surface area contributed by atoms with E-state index >= 15 is 0 Å². The molecule has 1 aromatic carbocycles. The quantitative estimate of drug-likeness (QED) is 0.525.